The van der Waals surface area contributed by atoms with Crippen molar-refractivity contribution in [2.75, 3.05) is 4.90 Å². The monoisotopic (exact) mass is 347 g/mol. The molecule has 0 fully saturated rings. The first kappa shape index (κ1) is 16.9. The Bertz CT molecular complexity index is 871. The van der Waals surface area contributed by atoms with Crippen molar-refractivity contribution in [1.29, 1.82) is 0 Å². The minimum Gasteiger partial charge on any atom is -0.503 e. The molecule has 1 atom stereocenters. The third-order valence-electron chi connectivity index (χ3n) is 3.98. The molecule has 0 saturated carbocycles. The lowest BCUT2D eigenvalue weighted by molar-refractivity contribution is -0.119. The predicted molar refractivity (Wildman–Crippen MR) is 84.8 cm³/mol. The van der Waals surface area contributed by atoms with Gasteiger partial charge in [0.15, 0.2) is 11.5 Å². The molecular formula is C18H15F2NO4. The Balaban J connectivity index is 2.21. The van der Waals surface area contributed by atoms with Crippen molar-refractivity contribution < 1.29 is 27.9 Å². The van der Waals surface area contributed by atoms with Crippen molar-refractivity contribution in [1.82, 2.24) is 0 Å². The largest absolute Gasteiger partial charge is 0.503 e. The highest BCUT2D eigenvalue weighted by molar-refractivity contribution is 6.16. The number of Topliss-reactive ketones (excluding diaryl/α,β-unsaturated/α-hetero) is 1. The maximum atomic E-state index is 14.2. The number of nitrogens with zero attached hydrogens (tertiary/aromatic N) is 1. The number of rotatable bonds is 4. The van der Waals surface area contributed by atoms with Gasteiger partial charge in [-0.1, -0.05) is 13.8 Å². The van der Waals surface area contributed by atoms with Crippen molar-refractivity contribution in [2.24, 2.45) is 5.92 Å². The van der Waals surface area contributed by atoms with E-state index in [-0.39, 0.29) is 17.0 Å². The summed E-state index contributed by atoms with van der Waals surface area (Å²) in [5, 5.41) is 10.2. The predicted octanol–water partition coefficient (Wildman–Crippen LogP) is 3.68. The van der Waals surface area contributed by atoms with E-state index in [9.17, 15) is 23.5 Å². The summed E-state index contributed by atoms with van der Waals surface area (Å²) >= 11 is 0. The summed E-state index contributed by atoms with van der Waals surface area (Å²) in [5.41, 5.74) is -0.580. The van der Waals surface area contributed by atoms with E-state index in [1.54, 1.807) is 13.8 Å². The number of hydrogen-bond donors (Lipinski definition) is 1. The van der Waals surface area contributed by atoms with Crippen molar-refractivity contribution in [2.45, 2.75) is 19.9 Å². The van der Waals surface area contributed by atoms with E-state index in [4.69, 9.17) is 4.42 Å². The molecule has 25 heavy (non-hydrogen) atoms. The van der Waals surface area contributed by atoms with E-state index >= 15 is 0 Å². The number of furan rings is 1. The molecule has 3 rings (SSSR count). The summed E-state index contributed by atoms with van der Waals surface area (Å²) in [6, 6.07) is 4.47. The van der Waals surface area contributed by atoms with E-state index in [2.05, 4.69) is 0 Å². The molecule has 0 saturated heterocycles. The van der Waals surface area contributed by atoms with Crippen LogP contribution in [0.3, 0.4) is 0 Å². The lowest BCUT2D eigenvalue weighted by atomic mass is 9.94. The van der Waals surface area contributed by atoms with Gasteiger partial charge in [0.2, 0.25) is 0 Å². The molecule has 0 spiro atoms. The maximum absolute atomic E-state index is 14.2. The van der Waals surface area contributed by atoms with Crippen LogP contribution in [-0.2, 0) is 9.59 Å². The fourth-order valence-corrected chi connectivity index (χ4v) is 2.80. The number of benzene rings is 1. The van der Waals surface area contributed by atoms with Crippen LogP contribution in [0.4, 0.5) is 14.5 Å². The molecule has 1 aliphatic rings. The minimum absolute atomic E-state index is 0.157. The summed E-state index contributed by atoms with van der Waals surface area (Å²) < 4.78 is 33.1. The third kappa shape index (κ3) is 2.71. The quantitative estimate of drug-likeness (QED) is 0.916. The summed E-state index contributed by atoms with van der Waals surface area (Å²) in [4.78, 5) is 25.9. The summed E-state index contributed by atoms with van der Waals surface area (Å²) in [5.74, 6) is -4.24. The maximum Gasteiger partial charge on any atom is 0.294 e. The van der Waals surface area contributed by atoms with Gasteiger partial charge in [-0.3, -0.25) is 14.5 Å². The van der Waals surface area contributed by atoms with Crippen LogP contribution in [0.5, 0.6) is 0 Å². The van der Waals surface area contributed by atoms with Gasteiger partial charge in [-0.15, -0.1) is 0 Å². The molecule has 1 unspecified atom stereocenters. The molecule has 0 radical (unpaired) electrons. The number of aliphatic hydroxyl groups excluding tert-OH is 1. The lowest BCUT2D eigenvalue weighted by Crippen LogP contribution is -2.32. The zero-order valence-electron chi connectivity index (χ0n) is 13.5. The smallest absolute Gasteiger partial charge is 0.294 e. The second kappa shape index (κ2) is 6.16. The van der Waals surface area contributed by atoms with Crippen molar-refractivity contribution >= 4 is 17.4 Å². The molecule has 1 aromatic carbocycles. The highest BCUT2D eigenvalue weighted by atomic mass is 19.1. The van der Waals surface area contributed by atoms with Gasteiger partial charge < -0.3 is 9.52 Å². The topological polar surface area (TPSA) is 70.8 Å². The summed E-state index contributed by atoms with van der Waals surface area (Å²) in [7, 11) is 0. The number of ketones is 1. The number of carbonyl (C=O) groups is 2. The molecule has 1 N–H and O–H groups in total. The van der Waals surface area contributed by atoms with Crippen molar-refractivity contribution in [3.05, 3.63) is 65.3 Å². The Hall–Kier alpha value is -2.96. The molecule has 0 bridgehead atoms. The third-order valence-corrected chi connectivity index (χ3v) is 3.98. The summed E-state index contributed by atoms with van der Waals surface area (Å²) in [6.07, 6.45) is 1.33. The first-order valence-electron chi connectivity index (χ1n) is 7.62. The molecule has 1 amide bonds. The Kier molecular flexibility index (Phi) is 4.16. The molecular weight excluding hydrogens is 332 g/mol. The number of halogens is 2. The van der Waals surface area contributed by atoms with E-state index in [1.165, 1.54) is 18.4 Å². The van der Waals surface area contributed by atoms with Gasteiger partial charge in [0.1, 0.15) is 23.4 Å². The van der Waals surface area contributed by atoms with Crippen LogP contribution in [0.25, 0.3) is 0 Å². The Morgan fingerprint density at radius 1 is 1.28 bits per heavy atom. The molecule has 130 valence electrons. The Morgan fingerprint density at radius 3 is 2.60 bits per heavy atom. The molecule has 5 nitrogen and oxygen atoms in total. The van der Waals surface area contributed by atoms with Crippen LogP contribution in [-0.4, -0.2) is 16.8 Å². The number of amides is 1. The van der Waals surface area contributed by atoms with Crippen LogP contribution in [0, 0.1) is 17.6 Å². The first-order valence-corrected chi connectivity index (χ1v) is 7.62. The second-order valence-corrected chi connectivity index (χ2v) is 5.97. The highest BCUT2D eigenvalue weighted by Crippen LogP contribution is 2.42. The van der Waals surface area contributed by atoms with Crippen LogP contribution in [0.2, 0.25) is 0 Å². The number of hydrogen-bond acceptors (Lipinski definition) is 4. The number of carbonyl (C=O) groups excluding carboxylic acids is 2. The van der Waals surface area contributed by atoms with Gasteiger partial charge in [0, 0.05) is 12.0 Å². The van der Waals surface area contributed by atoms with Crippen molar-refractivity contribution in [3.63, 3.8) is 0 Å². The van der Waals surface area contributed by atoms with Gasteiger partial charge >= 0.3 is 0 Å². The molecule has 7 heteroatoms. The van der Waals surface area contributed by atoms with Crippen molar-refractivity contribution in [3.8, 4) is 0 Å². The van der Waals surface area contributed by atoms with E-state index in [1.807, 2.05) is 0 Å². The Labute approximate surface area is 142 Å². The van der Waals surface area contributed by atoms with Crippen LogP contribution >= 0.6 is 0 Å². The molecule has 0 aliphatic carbocycles. The normalized spacial score (nSPS) is 17.7. The highest BCUT2D eigenvalue weighted by Gasteiger charge is 2.47. The average Bonchev–Trinajstić information content (AvgIpc) is 3.17. The van der Waals surface area contributed by atoms with Gasteiger partial charge in [0.05, 0.1) is 17.5 Å². The molecule has 2 heterocycles. The van der Waals surface area contributed by atoms with E-state index < -0.39 is 41.0 Å². The fourth-order valence-electron chi connectivity index (χ4n) is 2.80. The standard InChI is InChI=1S/C18H15F2NO4/c1-9(2)16(22)14-15(13-4-3-7-25-13)21(18(24)17(14)23)12-8-10(19)5-6-11(12)20/h3-9,15,23H,1-2H3. The summed E-state index contributed by atoms with van der Waals surface area (Å²) in [6.45, 7) is 3.22. The number of aliphatic hydroxyl groups is 1. The fraction of sp³-hybridized carbons (Fsp3) is 0.222. The zero-order valence-corrected chi connectivity index (χ0v) is 13.5. The van der Waals surface area contributed by atoms with Gasteiger partial charge in [-0.25, -0.2) is 8.78 Å². The molecule has 1 aliphatic heterocycles. The van der Waals surface area contributed by atoms with Crippen LogP contribution in [0.1, 0.15) is 25.6 Å². The van der Waals surface area contributed by atoms with E-state index in [0.717, 1.165) is 23.1 Å². The molecule has 2 aromatic rings. The SMILES string of the molecule is CC(C)C(=O)C1=C(O)C(=O)N(c2cc(F)ccc2F)C1c1ccco1. The minimum atomic E-state index is -1.17. The Morgan fingerprint density at radius 2 is 2.00 bits per heavy atom. The van der Waals surface area contributed by atoms with Gasteiger partial charge in [-0.05, 0) is 24.3 Å². The second-order valence-electron chi connectivity index (χ2n) is 5.97. The van der Waals surface area contributed by atoms with Crippen LogP contribution in [0.15, 0.2) is 52.3 Å². The van der Waals surface area contributed by atoms with Gasteiger partial charge in [-0.2, -0.15) is 0 Å². The molecule has 1 aromatic heterocycles. The zero-order chi connectivity index (χ0) is 18.3. The van der Waals surface area contributed by atoms with Gasteiger partial charge in [0.25, 0.3) is 5.91 Å². The number of anilines is 1. The average molecular weight is 347 g/mol. The van der Waals surface area contributed by atoms with Crippen LogP contribution < -0.4 is 4.90 Å². The first-order chi connectivity index (χ1) is 11.8. The van der Waals surface area contributed by atoms with E-state index in [0.29, 0.717) is 0 Å². The lowest BCUT2D eigenvalue weighted by Gasteiger charge is -2.25.